The Kier molecular flexibility index (Phi) is 6.54. The summed E-state index contributed by atoms with van der Waals surface area (Å²) in [7, 11) is 0. The average molecular weight is 317 g/mol. The molecule has 0 aromatic carbocycles. The van der Waals surface area contributed by atoms with Crippen LogP contribution in [0, 0.1) is 16.7 Å². The normalized spacial score (nSPS) is 25.9. The van der Waals surface area contributed by atoms with Gasteiger partial charge in [-0.3, -0.25) is 4.79 Å². The standard InChI is InChI=1S/C17H32N2O.ClH/c1-16(2)10-14(11-17(3,4)12-16)19-15(20)9-13-5-7-18-8-6-13;/h13-14,18H,5-12H2,1-4H3,(H,19,20);1H. The molecular weight excluding hydrogens is 284 g/mol. The number of hydrogen-bond donors (Lipinski definition) is 2. The summed E-state index contributed by atoms with van der Waals surface area (Å²) in [5.41, 5.74) is 0.683. The minimum Gasteiger partial charge on any atom is -0.353 e. The van der Waals surface area contributed by atoms with E-state index in [9.17, 15) is 4.79 Å². The molecule has 0 radical (unpaired) electrons. The Bertz CT molecular complexity index is 333. The summed E-state index contributed by atoms with van der Waals surface area (Å²) in [6.45, 7) is 11.5. The summed E-state index contributed by atoms with van der Waals surface area (Å²) >= 11 is 0. The van der Waals surface area contributed by atoms with Gasteiger partial charge in [0.05, 0.1) is 0 Å². The van der Waals surface area contributed by atoms with Crippen molar-refractivity contribution in [2.45, 2.75) is 72.3 Å². The van der Waals surface area contributed by atoms with Gasteiger partial charge in [0, 0.05) is 12.5 Å². The highest BCUT2D eigenvalue weighted by Gasteiger charge is 2.38. The Morgan fingerprint density at radius 2 is 1.62 bits per heavy atom. The second-order valence-electron chi connectivity index (χ2n) is 8.58. The van der Waals surface area contributed by atoms with Crippen molar-refractivity contribution in [3.05, 3.63) is 0 Å². The van der Waals surface area contributed by atoms with Gasteiger partial charge in [0.1, 0.15) is 0 Å². The molecule has 0 aromatic heterocycles. The van der Waals surface area contributed by atoms with Crippen molar-refractivity contribution >= 4 is 18.3 Å². The van der Waals surface area contributed by atoms with E-state index in [1.807, 2.05) is 0 Å². The maximum Gasteiger partial charge on any atom is 0.220 e. The van der Waals surface area contributed by atoms with Crippen molar-refractivity contribution in [2.24, 2.45) is 16.7 Å². The van der Waals surface area contributed by atoms with E-state index in [-0.39, 0.29) is 18.3 Å². The van der Waals surface area contributed by atoms with Crippen molar-refractivity contribution in [1.82, 2.24) is 10.6 Å². The molecule has 2 fully saturated rings. The van der Waals surface area contributed by atoms with Crippen molar-refractivity contribution in [3.8, 4) is 0 Å². The van der Waals surface area contributed by atoms with E-state index in [1.165, 1.54) is 6.42 Å². The molecule has 2 aliphatic rings. The Morgan fingerprint density at radius 3 is 2.14 bits per heavy atom. The minimum atomic E-state index is 0. The fraction of sp³-hybridized carbons (Fsp3) is 0.941. The average Bonchev–Trinajstić information content (AvgIpc) is 2.25. The van der Waals surface area contributed by atoms with Gasteiger partial charge in [-0.25, -0.2) is 0 Å². The van der Waals surface area contributed by atoms with Gasteiger partial charge in [0.15, 0.2) is 0 Å². The van der Waals surface area contributed by atoms with Gasteiger partial charge in [0.25, 0.3) is 0 Å². The van der Waals surface area contributed by atoms with Crippen molar-refractivity contribution in [2.75, 3.05) is 13.1 Å². The van der Waals surface area contributed by atoms with Crippen LogP contribution >= 0.6 is 12.4 Å². The molecule has 124 valence electrons. The van der Waals surface area contributed by atoms with Crippen LogP contribution in [0.1, 0.15) is 66.2 Å². The highest BCUT2D eigenvalue weighted by atomic mass is 35.5. The van der Waals surface area contributed by atoms with Crippen LogP contribution in [0.2, 0.25) is 0 Å². The first kappa shape index (κ1) is 18.8. The molecule has 1 aliphatic heterocycles. The van der Waals surface area contributed by atoms with Crippen LogP contribution in [0.4, 0.5) is 0 Å². The molecule has 21 heavy (non-hydrogen) atoms. The minimum absolute atomic E-state index is 0. The number of hydrogen-bond acceptors (Lipinski definition) is 2. The fourth-order valence-electron chi connectivity index (χ4n) is 4.58. The van der Waals surface area contributed by atoms with Crippen LogP contribution in [0.15, 0.2) is 0 Å². The first-order chi connectivity index (χ1) is 9.26. The Morgan fingerprint density at radius 1 is 1.10 bits per heavy atom. The molecule has 0 atom stereocenters. The summed E-state index contributed by atoms with van der Waals surface area (Å²) in [5.74, 6) is 0.858. The number of carbonyl (C=O) groups excluding carboxylic acids is 1. The van der Waals surface area contributed by atoms with Crippen molar-refractivity contribution < 1.29 is 4.79 Å². The van der Waals surface area contributed by atoms with E-state index in [1.54, 1.807) is 0 Å². The lowest BCUT2D eigenvalue weighted by molar-refractivity contribution is -0.123. The van der Waals surface area contributed by atoms with Gasteiger partial charge >= 0.3 is 0 Å². The molecule has 0 spiro atoms. The maximum absolute atomic E-state index is 12.3. The molecule has 2 rings (SSSR count). The van der Waals surface area contributed by atoms with Crippen LogP contribution < -0.4 is 10.6 Å². The van der Waals surface area contributed by atoms with Crippen molar-refractivity contribution in [1.29, 1.82) is 0 Å². The molecule has 0 unspecified atom stereocenters. The van der Waals surface area contributed by atoms with Crippen LogP contribution in [0.25, 0.3) is 0 Å². The van der Waals surface area contributed by atoms with E-state index < -0.39 is 0 Å². The second-order valence-corrected chi connectivity index (χ2v) is 8.58. The third-order valence-corrected chi connectivity index (χ3v) is 4.85. The van der Waals surface area contributed by atoms with Crippen LogP contribution in [-0.4, -0.2) is 25.0 Å². The summed E-state index contributed by atoms with van der Waals surface area (Å²) in [6.07, 6.45) is 6.51. The number of halogens is 1. The fourth-order valence-corrected chi connectivity index (χ4v) is 4.58. The quantitative estimate of drug-likeness (QED) is 0.836. The Labute approximate surface area is 136 Å². The van der Waals surface area contributed by atoms with E-state index in [0.717, 1.165) is 45.2 Å². The van der Waals surface area contributed by atoms with Crippen LogP contribution in [0.3, 0.4) is 0 Å². The molecule has 3 nitrogen and oxygen atoms in total. The van der Waals surface area contributed by atoms with Crippen LogP contribution in [0.5, 0.6) is 0 Å². The zero-order valence-electron chi connectivity index (χ0n) is 14.1. The summed E-state index contributed by atoms with van der Waals surface area (Å²) in [6, 6.07) is 0.364. The van der Waals surface area contributed by atoms with Gasteiger partial charge in [-0.1, -0.05) is 27.7 Å². The summed E-state index contributed by atoms with van der Waals surface area (Å²) in [5, 5.41) is 6.68. The first-order valence-electron chi connectivity index (χ1n) is 8.26. The van der Waals surface area contributed by atoms with Gasteiger partial charge in [-0.05, 0) is 61.9 Å². The highest BCUT2D eigenvalue weighted by Crippen LogP contribution is 2.45. The number of rotatable bonds is 3. The van der Waals surface area contributed by atoms with Gasteiger partial charge < -0.3 is 10.6 Å². The number of carbonyl (C=O) groups is 1. The predicted molar refractivity (Wildman–Crippen MR) is 90.8 cm³/mol. The van der Waals surface area contributed by atoms with E-state index in [2.05, 4.69) is 38.3 Å². The van der Waals surface area contributed by atoms with E-state index in [4.69, 9.17) is 0 Å². The molecule has 1 aliphatic carbocycles. The molecular formula is C17H33ClN2O. The molecule has 1 saturated heterocycles. The highest BCUT2D eigenvalue weighted by molar-refractivity contribution is 5.85. The molecule has 4 heteroatoms. The molecule has 1 heterocycles. The van der Waals surface area contributed by atoms with Gasteiger partial charge in [0.2, 0.25) is 5.91 Å². The largest absolute Gasteiger partial charge is 0.353 e. The maximum atomic E-state index is 12.3. The Balaban J connectivity index is 0.00000220. The lowest BCUT2D eigenvalue weighted by Crippen LogP contribution is -2.46. The summed E-state index contributed by atoms with van der Waals surface area (Å²) < 4.78 is 0. The first-order valence-corrected chi connectivity index (χ1v) is 8.26. The molecule has 0 aromatic rings. The van der Waals surface area contributed by atoms with Gasteiger partial charge in [-0.15, -0.1) is 12.4 Å². The third-order valence-electron chi connectivity index (χ3n) is 4.85. The van der Waals surface area contributed by atoms with Gasteiger partial charge in [-0.2, -0.15) is 0 Å². The topological polar surface area (TPSA) is 41.1 Å². The molecule has 1 amide bonds. The zero-order chi connectivity index (χ0) is 14.8. The SMILES string of the molecule is CC1(C)CC(NC(=O)CC2CCNCC2)CC(C)(C)C1.Cl. The lowest BCUT2D eigenvalue weighted by atomic mass is 9.63. The zero-order valence-corrected chi connectivity index (χ0v) is 14.9. The number of nitrogens with one attached hydrogen (secondary N) is 2. The molecule has 2 N–H and O–H groups in total. The monoisotopic (exact) mass is 316 g/mol. The van der Waals surface area contributed by atoms with Crippen LogP contribution in [-0.2, 0) is 4.79 Å². The smallest absolute Gasteiger partial charge is 0.220 e. The second kappa shape index (κ2) is 7.32. The predicted octanol–water partition coefficient (Wildman–Crippen LogP) is 3.52. The molecule has 0 bridgehead atoms. The van der Waals surface area contributed by atoms with E-state index in [0.29, 0.717) is 22.8 Å². The lowest BCUT2D eigenvalue weighted by Gasteiger charge is -2.45. The Hall–Kier alpha value is -0.280. The molecule has 1 saturated carbocycles. The number of piperidine rings is 1. The third kappa shape index (κ3) is 6.15. The van der Waals surface area contributed by atoms with E-state index >= 15 is 0 Å². The summed E-state index contributed by atoms with van der Waals surface area (Å²) in [4.78, 5) is 12.3. The number of amides is 1. The van der Waals surface area contributed by atoms with Crippen molar-refractivity contribution in [3.63, 3.8) is 0 Å².